The van der Waals surface area contributed by atoms with E-state index >= 15 is 0 Å². The maximum Gasteiger partial charge on any atom is -0.488 e. The first kappa shape index (κ1) is 13.6. The van der Waals surface area contributed by atoms with E-state index in [9.17, 15) is 0 Å². The van der Waals surface area contributed by atoms with Crippen LogP contribution >= 0.6 is 0 Å². The Balaban J connectivity index is 0. The molecule has 0 N–H and O–H groups in total. The van der Waals surface area contributed by atoms with Crippen LogP contribution in [0.2, 0.25) is 10.6 Å². The maximum absolute atomic E-state index is 6.25. The van der Waals surface area contributed by atoms with E-state index in [1.54, 1.807) is 0 Å². The first-order valence-corrected chi connectivity index (χ1v) is 5.80. The van der Waals surface area contributed by atoms with Crippen molar-refractivity contribution < 1.29 is 0 Å². The minimum atomic E-state index is 0.755. The number of rotatable bonds is 4. The molecule has 0 aromatic rings. The predicted molar refractivity (Wildman–Crippen MR) is 50.0 cm³/mol. The van der Waals surface area contributed by atoms with Crippen molar-refractivity contribution in [3.05, 3.63) is 6.57 Å². The van der Waals surface area contributed by atoms with Gasteiger partial charge in [-0.2, -0.15) is 0 Å². The molecule has 0 saturated carbocycles. The molecule has 0 aliphatic heterocycles. The molecule has 0 unspecified atom stereocenters. The van der Waals surface area contributed by atoms with Gasteiger partial charge in [0.25, 0.3) is 0 Å². The summed E-state index contributed by atoms with van der Waals surface area (Å²) < 4.78 is 0. The van der Waals surface area contributed by atoms with Crippen molar-refractivity contribution in [1.29, 1.82) is 5.26 Å². The molecule has 2 heteroatoms. The van der Waals surface area contributed by atoms with Crippen molar-refractivity contribution in [3.8, 4) is 0 Å². The maximum atomic E-state index is 6.25. The first-order chi connectivity index (χ1) is 5.13. The topological polar surface area (TPSA) is 23.8 Å². The zero-order chi connectivity index (χ0) is 9.28. The quantitative estimate of drug-likeness (QED) is 0.466. The van der Waals surface area contributed by atoms with Crippen LogP contribution < -0.4 is 0 Å². The molecular weight excluding hydrogens is 149 g/mol. The van der Waals surface area contributed by atoms with Crippen LogP contribution in [0.25, 0.3) is 0 Å². The molecule has 0 saturated heterocycles. The summed E-state index contributed by atoms with van der Waals surface area (Å²) in [5, 5.41) is 9.22. The van der Waals surface area contributed by atoms with Crippen molar-refractivity contribution in [2.75, 3.05) is 0 Å². The summed E-state index contributed by atoms with van der Waals surface area (Å²) in [6.07, 6.45) is 0. The summed E-state index contributed by atoms with van der Waals surface area (Å²) in [5.74, 6) is 1.86. The monoisotopic (exact) mass is 167 g/mol. The van der Waals surface area contributed by atoms with E-state index in [2.05, 4.69) is 27.7 Å². The summed E-state index contributed by atoms with van der Waals surface area (Å²) in [7, 11) is 0. The smallest absolute Gasteiger partial charge is 0.488 e. The fraction of sp³-hybridized carbons (Fsp3) is 0.889. The number of hydrogen-bond acceptors (Lipinski definition) is 1. The molecule has 0 aliphatic rings. The van der Waals surface area contributed by atoms with Crippen molar-refractivity contribution in [2.45, 2.75) is 38.3 Å². The molecule has 11 heavy (non-hydrogen) atoms. The Hall–Kier alpha value is 0.0225. The van der Waals surface area contributed by atoms with E-state index in [0.29, 0.717) is 0 Å². The third kappa shape index (κ3) is 17.8. The van der Waals surface area contributed by atoms with Crippen LogP contribution in [0.4, 0.5) is 0 Å². The largest absolute Gasteiger partial charge is 0.512 e. The Morgan fingerprint density at radius 2 is 1.27 bits per heavy atom. The number of hydrogen-bond donors (Lipinski definition) is 0. The van der Waals surface area contributed by atoms with Crippen LogP contribution in [0.1, 0.15) is 27.7 Å². The van der Waals surface area contributed by atoms with Gasteiger partial charge in [0.15, 0.2) is 0 Å². The fourth-order valence-electron chi connectivity index (χ4n) is 0.763. The molecule has 1 nitrogen and oxygen atoms in total. The van der Waals surface area contributed by atoms with Crippen LogP contribution in [0.15, 0.2) is 0 Å². The molecule has 0 aromatic carbocycles. The van der Waals surface area contributed by atoms with Gasteiger partial charge >= 0.3 is 65.3 Å². The van der Waals surface area contributed by atoms with Gasteiger partial charge in [-0.3, -0.25) is 0 Å². The molecule has 0 aliphatic carbocycles. The normalized spacial score (nSPS) is 8.73. The molecule has 0 fully saturated rings. The summed E-state index contributed by atoms with van der Waals surface area (Å²) in [4.78, 5) is 0. The van der Waals surface area contributed by atoms with Crippen LogP contribution in [0.3, 0.4) is 0 Å². The van der Waals surface area contributed by atoms with Crippen LogP contribution in [0.5, 0.6) is 0 Å². The fourth-order valence-corrected chi connectivity index (χ4v) is 2.29. The number of nitrogens with zero attached hydrogens (tertiary/aromatic N) is 1. The van der Waals surface area contributed by atoms with E-state index in [1.807, 2.05) is 0 Å². The minimum absolute atomic E-state index is 0.755. The SMILES string of the molecule is CC(C)[CH2][Al+][CH2]C(C)C.[C-]#N. The summed E-state index contributed by atoms with van der Waals surface area (Å²) >= 11 is 0.755. The van der Waals surface area contributed by atoms with Gasteiger partial charge in [0.2, 0.25) is 0 Å². The Morgan fingerprint density at radius 1 is 1.00 bits per heavy atom. The molecular formula is C9H18AlN. The van der Waals surface area contributed by atoms with Gasteiger partial charge in [0.05, 0.1) is 0 Å². The third-order valence-electron chi connectivity index (χ3n) is 1.28. The van der Waals surface area contributed by atoms with Crippen molar-refractivity contribution >= 4 is 15.2 Å². The second-order valence-electron chi connectivity index (χ2n) is 3.55. The summed E-state index contributed by atoms with van der Waals surface area (Å²) in [6.45, 7) is 14.0. The third-order valence-corrected chi connectivity index (χ3v) is 3.83. The second-order valence-corrected chi connectivity index (χ2v) is 5.07. The van der Waals surface area contributed by atoms with Crippen molar-refractivity contribution in [1.82, 2.24) is 0 Å². The molecule has 62 valence electrons. The average Bonchev–Trinajstić information content (AvgIpc) is 1.90. The average molecular weight is 167 g/mol. The van der Waals surface area contributed by atoms with Gasteiger partial charge in [-0.25, -0.2) is 0 Å². The molecule has 0 heterocycles. The van der Waals surface area contributed by atoms with Crippen molar-refractivity contribution in [3.63, 3.8) is 0 Å². The first-order valence-electron chi connectivity index (χ1n) is 4.17. The Morgan fingerprint density at radius 3 is 1.45 bits per heavy atom. The summed E-state index contributed by atoms with van der Waals surface area (Å²) in [6, 6.07) is 0. The standard InChI is InChI=1S/2C4H9.CN.Al/c2*1-4(2)3;1-2;/h2*4H,1H2,2-3H3;;/q;;-1;+1. The van der Waals surface area contributed by atoms with E-state index in [1.165, 1.54) is 10.6 Å². The van der Waals surface area contributed by atoms with E-state index in [0.717, 1.165) is 27.1 Å². The molecule has 0 spiro atoms. The van der Waals surface area contributed by atoms with Gasteiger partial charge < -0.3 is 11.8 Å². The van der Waals surface area contributed by atoms with Crippen LogP contribution in [0, 0.1) is 23.7 Å². The molecule has 0 amide bonds. The minimum Gasteiger partial charge on any atom is -0.512 e. The van der Waals surface area contributed by atoms with Gasteiger partial charge in [0.1, 0.15) is 0 Å². The predicted octanol–water partition coefficient (Wildman–Crippen LogP) is 2.94. The zero-order valence-corrected chi connectivity index (χ0v) is 9.25. The Labute approximate surface area is 77.5 Å². The van der Waals surface area contributed by atoms with Crippen LogP contribution in [-0.4, -0.2) is 15.2 Å². The molecule has 0 atom stereocenters. The van der Waals surface area contributed by atoms with Gasteiger partial charge in [-0.05, 0) is 0 Å². The second kappa shape index (κ2) is 10.0. The Bertz CT molecular complexity index is 78.8. The molecule has 0 rings (SSSR count). The van der Waals surface area contributed by atoms with Gasteiger partial charge in [-0.1, -0.05) is 0 Å². The van der Waals surface area contributed by atoms with Gasteiger partial charge in [-0.15, -0.1) is 0 Å². The van der Waals surface area contributed by atoms with E-state index in [-0.39, 0.29) is 0 Å². The van der Waals surface area contributed by atoms with Gasteiger partial charge in [0, 0.05) is 0 Å². The van der Waals surface area contributed by atoms with E-state index < -0.39 is 0 Å². The van der Waals surface area contributed by atoms with Crippen molar-refractivity contribution in [2.24, 2.45) is 11.8 Å². The van der Waals surface area contributed by atoms with E-state index in [4.69, 9.17) is 11.8 Å². The Kier molecular flexibility index (Phi) is 12.4. The molecule has 0 aromatic heterocycles. The molecule has 0 radical (unpaired) electrons. The molecule has 0 bridgehead atoms. The van der Waals surface area contributed by atoms with Crippen LogP contribution in [-0.2, 0) is 0 Å². The zero-order valence-electron chi connectivity index (χ0n) is 8.09. The summed E-state index contributed by atoms with van der Waals surface area (Å²) in [5.41, 5.74) is 0.